The van der Waals surface area contributed by atoms with Crippen molar-refractivity contribution in [3.05, 3.63) is 70.8 Å². The number of carbonyl (C=O) groups is 2. The summed E-state index contributed by atoms with van der Waals surface area (Å²) in [5.41, 5.74) is 1.51. The number of nitrogens with one attached hydrogen (secondary N) is 2. The topological polar surface area (TPSA) is 74.3 Å². The average Bonchev–Trinajstić information content (AvgIpc) is 2.73. The number of urea groups is 1. The van der Waals surface area contributed by atoms with Crippen LogP contribution in [0.3, 0.4) is 0 Å². The van der Waals surface area contributed by atoms with Crippen LogP contribution in [0.1, 0.15) is 29.0 Å². The zero-order chi connectivity index (χ0) is 21.1. The second-order valence-electron chi connectivity index (χ2n) is 6.53. The number of benzene rings is 2. The van der Waals surface area contributed by atoms with Crippen molar-refractivity contribution in [2.24, 2.45) is 0 Å². The van der Waals surface area contributed by atoms with E-state index in [1.54, 1.807) is 20.3 Å². The molecule has 0 aliphatic heterocycles. The molecule has 1 aromatic heterocycles. The van der Waals surface area contributed by atoms with Crippen LogP contribution in [0.25, 0.3) is 10.8 Å². The molecule has 3 aromatic rings. The second-order valence-corrected chi connectivity index (χ2v) is 6.94. The Morgan fingerprint density at radius 2 is 1.86 bits per heavy atom. The first-order chi connectivity index (χ1) is 13.8. The Kier molecular flexibility index (Phi) is 5.98. The van der Waals surface area contributed by atoms with Crippen molar-refractivity contribution >= 4 is 40.0 Å². The third kappa shape index (κ3) is 4.14. The fourth-order valence-corrected chi connectivity index (χ4v) is 3.20. The van der Waals surface area contributed by atoms with Gasteiger partial charge in [-0.25, -0.2) is 9.18 Å². The summed E-state index contributed by atoms with van der Waals surface area (Å²) in [6.07, 6.45) is 1.61. The lowest BCUT2D eigenvalue weighted by molar-refractivity contribution is 0.0960. The van der Waals surface area contributed by atoms with Crippen LogP contribution in [0.5, 0.6) is 0 Å². The Hall–Kier alpha value is -3.19. The smallest absolute Gasteiger partial charge is 0.322 e. The summed E-state index contributed by atoms with van der Waals surface area (Å²) in [7, 11) is 3.20. The van der Waals surface area contributed by atoms with Gasteiger partial charge < -0.3 is 15.5 Å². The van der Waals surface area contributed by atoms with Gasteiger partial charge in [-0.3, -0.25) is 9.78 Å². The third-order valence-corrected chi connectivity index (χ3v) is 5.08. The predicted molar refractivity (Wildman–Crippen MR) is 112 cm³/mol. The highest BCUT2D eigenvalue weighted by molar-refractivity contribution is 6.31. The number of amides is 3. The lowest BCUT2D eigenvalue weighted by Crippen LogP contribution is -2.34. The molecule has 0 saturated carbocycles. The quantitative estimate of drug-likeness (QED) is 0.654. The van der Waals surface area contributed by atoms with Crippen molar-refractivity contribution in [1.82, 2.24) is 15.2 Å². The molecule has 1 atom stereocenters. The van der Waals surface area contributed by atoms with E-state index in [0.717, 1.165) is 10.9 Å². The Morgan fingerprint density at radius 1 is 1.17 bits per heavy atom. The van der Waals surface area contributed by atoms with Crippen molar-refractivity contribution < 1.29 is 14.0 Å². The van der Waals surface area contributed by atoms with Crippen LogP contribution < -0.4 is 10.6 Å². The molecule has 0 fully saturated rings. The molecule has 2 N–H and O–H groups in total. The van der Waals surface area contributed by atoms with Crippen molar-refractivity contribution in [3.63, 3.8) is 0 Å². The zero-order valence-corrected chi connectivity index (χ0v) is 16.9. The molecule has 2 aromatic carbocycles. The zero-order valence-electron chi connectivity index (χ0n) is 16.2. The number of carbonyl (C=O) groups excluding carboxylic acids is 2. The number of pyridine rings is 1. The first-order valence-corrected chi connectivity index (χ1v) is 9.30. The van der Waals surface area contributed by atoms with Gasteiger partial charge in [0.25, 0.3) is 5.91 Å². The summed E-state index contributed by atoms with van der Waals surface area (Å²) >= 11 is 5.77. The molecular formula is C21H20ClFN4O2. The SMILES string of the molecule is CNC(=O)c1ncc(C(C)N(C)C(=O)Nc2ccc(F)c(Cl)c2)c2ccccc12. The third-order valence-electron chi connectivity index (χ3n) is 4.79. The number of halogens is 2. The molecule has 150 valence electrons. The second kappa shape index (κ2) is 8.45. The molecule has 1 unspecified atom stereocenters. The normalized spacial score (nSPS) is 11.8. The lowest BCUT2D eigenvalue weighted by Gasteiger charge is -2.26. The van der Waals surface area contributed by atoms with Crippen LogP contribution in [-0.2, 0) is 0 Å². The van der Waals surface area contributed by atoms with Crippen LogP contribution in [0.2, 0.25) is 5.02 Å². The fraction of sp³-hybridized carbons (Fsp3) is 0.190. The predicted octanol–water partition coefficient (Wildman–Crippen LogP) is 4.61. The summed E-state index contributed by atoms with van der Waals surface area (Å²) in [6.45, 7) is 1.86. The van der Waals surface area contributed by atoms with Crippen LogP contribution >= 0.6 is 11.6 Å². The molecule has 0 bridgehead atoms. The highest BCUT2D eigenvalue weighted by Crippen LogP contribution is 2.29. The Morgan fingerprint density at radius 3 is 2.52 bits per heavy atom. The van der Waals surface area contributed by atoms with Gasteiger partial charge in [0, 0.05) is 36.9 Å². The van der Waals surface area contributed by atoms with Crippen LogP contribution in [0.4, 0.5) is 14.9 Å². The maximum Gasteiger partial charge on any atom is 0.322 e. The molecule has 0 aliphatic rings. The summed E-state index contributed by atoms with van der Waals surface area (Å²) < 4.78 is 13.3. The molecule has 0 radical (unpaired) electrons. The summed E-state index contributed by atoms with van der Waals surface area (Å²) in [6, 6.07) is 10.7. The molecule has 1 heterocycles. The van der Waals surface area contributed by atoms with Gasteiger partial charge in [0.15, 0.2) is 0 Å². The fourth-order valence-electron chi connectivity index (χ4n) is 3.02. The van der Waals surface area contributed by atoms with E-state index in [1.165, 1.54) is 23.1 Å². The molecule has 8 heteroatoms. The lowest BCUT2D eigenvalue weighted by atomic mass is 9.99. The van der Waals surface area contributed by atoms with Crippen molar-refractivity contribution in [2.45, 2.75) is 13.0 Å². The monoisotopic (exact) mass is 414 g/mol. The molecule has 29 heavy (non-hydrogen) atoms. The van der Waals surface area contributed by atoms with Crippen LogP contribution in [-0.4, -0.2) is 35.9 Å². The van der Waals surface area contributed by atoms with Crippen molar-refractivity contribution in [3.8, 4) is 0 Å². The largest absolute Gasteiger partial charge is 0.354 e. The van der Waals surface area contributed by atoms with Crippen LogP contribution in [0, 0.1) is 5.82 Å². The van der Waals surface area contributed by atoms with Crippen LogP contribution in [0.15, 0.2) is 48.7 Å². The molecule has 0 aliphatic carbocycles. The standard InChI is InChI=1S/C21H20ClFN4O2/c1-12(27(3)21(29)26-13-8-9-18(23)17(22)10-13)16-11-25-19(20(28)24-2)15-7-5-4-6-14(15)16/h4-12H,1-3H3,(H,24,28)(H,26,29). The van der Waals surface area contributed by atoms with E-state index in [2.05, 4.69) is 15.6 Å². The minimum atomic E-state index is -0.555. The minimum Gasteiger partial charge on any atom is -0.354 e. The molecule has 3 rings (SSSR count). The Labute approximate surface area is 172 Å². The number of hydrogen-bond donors (Lipinski definition) is 2. The number of aromatic nitrogens is 1. The van der Waals surface area contributed by atoms with E-state index >= 15 is 0 Å². The molecule has 6 nitrogen and oxygen atoms in total. The molecule has 0 saturated heterocycles. The van der Waals surface area contributed by atoms with Gasteiger partial charge in [0.2, 0.25) is 0 Å². The van der Waals surface area contributed by atoms with Gasteiger partial charge in [-0.05, 0) is 30.5 Å². The van der Waals surface area contributed by atoms with E-state index in [1.807, 2.05) is 31.2 Å². The average molecular weight is 415 g/mol. The van der Waals surface area contributed by atoms with E-state index in [9.17, 15) is 14.0 Å². The molecule has 0 spiro atoms. The number of anilines is 1. The van der Waals surface area contributed by atoms with Gasteiger partial charge >= 0.3 is 6.03 Å². The van der Waals surface area contributed by atoms with Gasteiger partial charge in [-0.15, -0.1) is 0 Å². The number of nitrogens with zero attached hydrogens (tertiary/aromatic N) is 2. The van der Waals surface area contributed by atoms with Gasteiger partial charge in [0.1, 0.15) is 11.5 Å². The maximum absolute atomic E-state index is 13.3. The van der Waals surface area contributed by atoms with Gasteiger partial charge in [0.05, 0.1) is 11.1 Å². The summed E-state index contributed by atoms with van der Waals surface area (Å²) in [5, 5.41) is 6.75. The van der Waals surface area contributed by atoms with E-state index in [4.69, 9.17) is 11.6 Å². The number of rotatable bonds is 4. The summed E-state index contributed by atoms with van der Waals surface area (Å²) in [5.74, 6) is -0.833. The molecular weight excluding hydrogens is 395 g/mol. The van der Waals surface area contributed by atoms with Gasteiger partial charge in [-0.1, -0.05) is 35.9 Å². The van der Waals surface area contributed by atoms with E-state index in [-0.39, 0.29) is 23.0 Å². The highest BCUT2D eigenvalue weighted by Gasteiger charge is 2.22. The highest BCUT2D eigenvalue weighted by atomic mass is 35.5. The number of hydrogen-bond acceptors (Lipinski definition) is 3. The molecule has 3 amide bonds. The number of fused-ring (bicyclic) bond motifs is 1. The minimum absolute atomic E-state index is 0.0708. The van der Waals surface area contributed by atoms with E-state index in [0.29, 0.717) is 16.8 Å². The van der Waals surface area contributed by atoms with Crippen molar-refractivity contribution in [1.29, 1.82) is 0 Å². The first-order valence-electron chi connectivity index (χ1n) is 8.92. The van der Waals surface area contributed by atoms with E-state index < -0.39 is 5.82 Å². The Balaban J connectivity index is 1.90. The maximum atomic E-state index is 13.3. The van der Waals surface area contributed by atoms with Gasteiger partial charge in [-0.2, -0.15) is 0 Å². The Bertz CT molecular complexity index is 1090. The first kappa shape index (κ1) is 20.5. The van der Waals surface area contributed by atoms with Crippen molar-refractivity contribution in [2.75, 3.05) is 19.4 Å². The summed E-state index contributed by atoms with van der Waals surface area (Å²) in [4.78, 5) is 30.6.